The highest BCUT2D eigenvalue weighted by molar-refractivity contribution is 6.03. The van der Waals surface area contributed by atoms with Gasteiger partial charge >= 0.3 is 5.82 Å². The van der Waals surface area contributed by atoms with E-state index in [1.165, 1.54) is 22.8 Å². The monoisotopic (exact) mass is 393 g/mol. The van der Waals surface area contributed by atoms with E-state index in [1.807, 2.05) is 0 Å². The molecule has 1 unspecified atom stereocenters. The second-order valence-electron chi connectivity index (χ2n) is 7.23. The van der Waals surface area contributed by atoms with E-state index in [9.17, 15) is 20.2 Å². The molecule has 0 aliphatic heterocycles. The summed E-state index contributed by atoms with van der Waals surface area (Å²) >= 11 is 0. The minimum absolute atomic E-state index is 0.0488. The molecular formula is C19H19N7O3. The van der Waals surface area contributed by atoms with Gasteiger partial charge in [-0.25, -0.2) is 0 Å². The van der Waals surface area contributed by atoms with Gasteiger partial charge in [0.1, 0.15) is 0 Å². The lowest BCUT2D eigenvalue weighted by molar-refractivity contribution is -0.390. The van der Waals surface area contributed by atoms with Crippen molar-refractivity contribution in [2.75, 3.05) is 0 Å². The summed E-state index contributed by atoms with van der Waals surface area (Å²) in [5.41, 5.74) is 7.12. The van der Waals surface area contributed by atoms with Crippen molar-refractivity contribution >= 4 is 17.2 Å². The molecule has 3 aromatic rings. The Morgan fingerprint density at radius 2 is 2.10 bits per heavy atom. The maximum Gasteiger partial charge on any atom is 0.348 e. The van der Waals surface area contributed by atoms with Crippen LogP contribution in [0, 0.1) is 27.4 Å². The van der Waals surface area contributed by atoms with Gasteiger partial charge in [-0.05, 0) is 29.7 Å². The number of fused-ring (bicyclic) bond motifs is 1. The van der Waals surface area contributed by atoms with Gasteiger partial charge in [-0.1, -0.05) is 22.5 Å². The molecule has 0 bridgehead atoms. The molecule has 0 spiro atoms. The number of rotatable bonds is 6. The molecule has 1 aliphatic carbocycles. The molecule has 148 valence electrons. The Kier molecular flexibility index (Phi) is 4.72. The van der Waals surface area contributed by atoms with E-state index in [0.717, 1.165) is 25.7 Å². The van der Waals surface area contributed by atoms with Crippen molar-refractivity contribution in [3.63, 3.8) is 0 Å². The highest BCUT2D eigenvalue weighted by Crippen LogP contribution is 2.37. The zero-order chi connectivity index (χ0) is 20.5. The third-order valence-corrected chi connectivity index (χ3v) is 5.59. The van der Waals surface area contributed by atoms with Crippen LogP contribution >= 0.6 is 0 Å². The molecule has 0 saturated heterocycles. The minimum atomic E-state index is -0.684. The Bertz CT molecular complexity index is 1130. The number of nitriles is 1. The first-order valence-electron chi connectivity index (χ1n) is 9.37. The third-order valence-electron chi connectivity index (χ3n) is 5.59. The highest BCUT2D eigenvalue weighted by Gasteiger charge is 2.28. The molecular weight excluding hydrogens is 374 g/mol. The van der Waals surface area contributed by atoms with Crippen molar-refractivity contribution in [1.29, 1.82) is 5.26 Å². The fourth-order valence-electron chi connectivity index (χ4n) is 4.24. The molecule has 10 heteroatoms. The molecule has 3 heterocycles. The molecule has 2 N–H and O–H groups in total. The number of hydrogen-bond acceptors (Lipinski definition) is 6. The smallest absolute Gasteiger partial charge is 0.348 e. The lowest BCUT2D eigenvalue weighted by Crippen LogP contribution is -2.17. The Labute approximate surface area is 165 Å². The second-order valence-corrected chi connectivity index (χ2v) is 7.23. The molecule has 0 radical (unpaired) electrons. The SMILES string of the molecule is N#CCC(C1CCCC1)n1cc(-c2c(C(N)=O)cnn3c([N+](=O)[O-])ccc23)cn1. The van der Waals surface area contributed by atoms with Gasteiger partial charge in [0.25, 0.3) is 5.91 Å². The normalized spacial score (nSPS) is 15.4. The van der Waals surface area contributed by atoms with Gasteiger partial charge in [0.2, 0.25) is 0 Å². The summed E-state index contributed by atoms with van der Waals surface area (Å²) in [4.78, 5) is 22.7. The summed E-state index contributed by atoms with van der Waals surface area (Å²) < 4.78 is 2.94. The van der Waals surface area contributed by atoms with Gasteiger partial charge in [0, 0.05) is 23.4 Å². The Hall–Kier alpha value is -3.74. The number of nitrogens with zero attached hydrogens (tertiary/aromatic N) is 6. The molecule has 1 aliphatic rings. The second kappa shape index (κ2) is 7.35. The average molecular weight is 393 g/mol. The minimum Gasteiger partial charge on any atom is -0.366 e. The van der Waals surface area contributed by atoms with E-state index in [-0.39, 0.29) is 17.4 Å². The van der Waals surface area contributed by atoms with E-state index in [0.29, 0.717) is 29.0 Å². The molecule has 1 atom stereocenters. The van der Waals surface area contributed by atoms with Gasteiger partial charge < -0.3 is 15.8 Å². The fraction of sp³-hybridized carbons (Fsp3) is 0.368. The molecule has 10 nitrogen and oxygen atoms in total. The predicted molar refractivity (Wildman–Crippen MR) is 103 cm³/mol. The van der Waals surface area contributed by atoms with Crippen molar-refractivity contribution in [3.8, 4) is 17.2 Å². The third kappa shape index (κ3) is 3.20. The van der Waals surface area contributed by atoms with E-state index >= 15 is 0 Å². The van der Waals surface area contributed by atoms with Crippen molar-refractivity contribution in [2.45, 2.75) is 38.1 Å². The van der Waals surface area contributed by atoms with Crippen molar-refractivity contribution < 1.29 is 9.72 Å². The number of aromatic nitrogens is 4. The summed E-state index contributed by atoms with van der Waals surface area (Å²) in [5, 5.41) is 29.0. The van der Waals surface area contributed by atoms with Crippen molar-refractivity contribution in [2.24, 2.45) is 11.7 Å². The van der Waals surface area contributed by atoms with E-state index in [1.54, 1.807) is 17.1 Å². The predicted octanol–water partition coefficient (Wildman–Crippen LogP) is 2.85. The number of primary amides is 1. The van der Waals surface area contributed by atoms with Crippen LogP contribution < -0.4 is 5.73 Å². The van der Waals surface area contributed by atoms with Gasteiger partial charge in [0.15, 0.2) is 5.52 Å². The number of hydrogen-bond donors (Lipinski definition) is 1. The summed E-state index contributed by atoms with van der Waals surface area (Å²) in [6, 6.07) is 5.06. The molecule has 1 fully saturated rings. The molecule has 1 amide bonds. The zero-order valence-corrected chi connectivity index (χ0v) is 15.6. The topological polar surface area (TPSA) is 145 Å². The lowest BCUT2D eigenvalue weighted by Gasteiger charge is -2.21. The number of nitro groups is 1. The van der Waals surface area contributed by atoms with Crippen LogP contribution in [0.1, 0.15) is 48.5 Å². The van der Waals surface area contributed by atoms with E-state index in [2.05, 4.69) is 16.3 Å². The van der Waals surface area contributed by atoms with Crippen LogP contribution in [0.5, 0.6) is 0 Å². The summed E-state index contributed by atoms with van der Waals surface area (Å²) in [5.74, 6) is -0.515. The summed E-state index contributed by atoms with van der Waals surface area (Å²) in [6.07, 6.45) is 9.35. The zero-order valence-electron chi connectivity index (χ0n) is 15.6. The fourth-order valence-corrected chi connectivity index (χ4v) is 4.24. The molecule has 1 saturated carbocycles. The first-order valence-corrected chi connectivity index (χ1v) is 9.37. The van der Waals surface area contributed by atoms with Crippen LogP contribution in [0.2, 0.25) is 0 Å². The largest absolute Gasteiger partial charge is 0.366 e. The van der Waals surface area contributed by atoms with Crippen LogP contribution in [-0.2, 0) is 0 Å². The number of carbonyl (C=O) groups excluding carboxylic acids is 1. The maximum absolute atomic E-state index is 12.0. The van der Waals surface area contributed by atoms with Crippen LogP contribution in [0.15, 0.2) is 30.7 Å². The van der Waals surface area contributed by atoms with Gasteiger partial charge in [-0.3, -0.25) is 9.48 Å². The van der Waals surface area contributed by atoms with Crippen LogP contribution in [0.4, 0.5) is 5.82 Å². The van der Waals surface area contributed by atoms with Crippen LogP contribution in [0.25, 0.3) is 16.6 Å². The molecule has 0 aromatic carbocycles. The first-order chi connectivity index (χ1) is 14.0. The van der Waals surface area contributed by atoms with E-state index < -0.39 is 10.8 Å². The van der Waals surface area contributed by atoms with Crippen molar-refractivity contribution in [3.05, 3.63) is 46.4 Å². The number of carbonyl (C=O) groups is 1. The Morgan fingerprint density at radius 1 is 1.34 bits per heavy atom. The standard InChI is InChI=1S/C19H19N7O3/c20-8-7-15(12-3-1-2-4-12)24-11-13(9-22-24)18-14(19(21)27)10-23-25-16(18)5-6-17(25)26(28)29/h5-6,9-12,15H,1-4,7H2,(H2,21,27). The van der Waals surface area contributed by atoms with Gasteiger partial charge in [0.05, 0.1) is 36.5 Å². The first kappa shape index (κ1) is 18.6. The van der Waals surface area contributed by atoms with Gasteiger partial charge in [-0.15, -0.1) is 0 Å². The molecule has 29 heavy (non-hydrogen) atoms. The summed E-state index contributed by atoms with van der Waals surface area (Å²) in [7, 11) is 0. The Morgan fingerprint density at radius 3 is 2.76 bits per heavy atom. The lowest BCUT2D eigenvalue weighted by atomic mass is 9.96. The molecule has 4 rings (SSSR count). The van der Waals surface area contributed by atoms with Gasteiger partial charge in [-0.2, -0.15) is 10.4 Å². The summed E-state index contributed by atoms with van der Waals surface area (Å²) in [6.45, 7) is 0. The Balaban J connectivity index is 1.84. The van der Waals surface area contributed by atoms with Crippen LogP contribution in [-0.4, -0.2) is 30.2 Å². The number of amides is 1. The van der Waals surface area contributed by atoms with Crippen LogP contribution in [0.3, 0.4) is 0 Å². The quantitative estimate of drug-likeness (QED) is 0.503. The van der Waals surface area contributed by atoms with Crippen molar-refractivity contribution in [1.82, 2.24) is 19.4 Å². The highest BCUT2D eigenvalue weighted by atomic mass is 16.6. The number of nitrogens with two attached hydrogens (primary N) is 1. The maximum atomic E-state index is 12.0. The molecule has 3 aromatic heterocycles. The van der Waals surface area contributed by atoms with E-state index in [4.69, 9.17) is 5.73 Å². The average Bonchev–Trinajstić information content (AvgIpc) is 3.45.